The van der Waals surface area contributed by atoms with E-state index in [2.05, 4.69) is 0 Å². The summed E-state index contributed by atoms with van der Waals surface area (Å²) in [6, 6.07) is 4.45. The zero-order chi connectivity index (χ0) is 16.3. The van der Waals surface area contributed by atoms with Crippen molar-refractivity contribution < 1.29 is 14.3 Å². The molecule has 0 spiro atoms. The lowest BCUT2D eigenvalue weighted by molar-refractivity contribution is -0.151. The molecule has 0 N–H and O–H groups in total. The van der Waals surface area contributed by atoms with Crippen molar-refractivity contribution >= 4 is 35.1 Å². The molecule has 1 aliphatic heterocycles. The molecule has 1 saturated heterocycles. The number of amides is 1. The Hall–Kier alpha value is -1.26. The SMILES string of the molecule is CCCC(c1ccc(Cl)cc1Cl)N1C(=O)CCC1C(=O)OC. The summed E-state index contributed by atoms with van der Waals surface area (Å²) in [5.41, 5.74) is 0.817. The fraction of sp³-hybridized carbons (Fsp3) is 0.500. The zero-order valence-corrected chi connectivity index (χ0v) is 14.2. The van der Waals surface area contributed by atoms with E-state index < -0.39 is 6.04 Å². The molecule has 0 bridgehead atoms. The van der Waals surface area contributed by atoms with Crippen LogP contribution in [0.4, 0.5) is 0 Å². The van der Waals surface area contributed by atoms with Gasteiger partial charge in [-0.2, -0.15) is 0 Å². The number of carbonyl (C=O) groups is 2. The summed E-state index contributed by atoms with van der Waals surface area (Å²) in [5.74, 6) is -0.420. The second-order valence-electron chi connectivity index (χ2n) is 5.35. The molecule has 2 rings (SSSR count). The van der Waals surface area contributed by atoms with Crippen molar-refractivity contribution in [2.24, 2.45) is 0 Å². The number of hydrogen-bond donors (Lipinski definition) is 0. The monoisotopic (exact) mass is 343 g/mol. The summed E-state index contributed by atoms with van der Waals surface area (Å²) in [6.07, 6.45) is 2.42. The lowest BCUT2D eigenvalue weighted by Crippen LogP contribution is -2.42. The smallest absolute Gasteiger partial charge is 0.328 e. The first-order valence-corrected chi connectivity index (χ1v) is 8.09. The van der Waals surface area contributed by atoms with E-state index in [0.29, 0.717) is 22.9 Å². The summed E-state index contributed by atoms with van der Waals surface area (Å²) in [7, 11) is 1.34. The van der Waals surface area contributed by atoms with Gasteiger partial charge in [-0.1, -0.05) is 42.6 Å². The summed E-state index contributed by atoms with van der Waals surface area (Å²) in [5, 5.41) is 1.05. The standard InChI is InChI=1S/C16H19Cl2NO3/c1-3-4-13(11-6-5-10(17)9-12(11)18)19-14(16(21)22-2)7-8-15(19)20/h5-6,9,13-14H,3-4,7-8H2,1-2H3. The molecule has 0 aliphatic carbocycles. The second kappa shape index (κ2) is 7.34. The average molecular weight is 344 g/mol. The maximum atomic E-state index is 12.3. The maximum Gasteiger partial charge on any atom is 0.328 e. The number of likely N-dealkylation sites (tertiary alicyclic amines) is 1. The molecule has 120 valence electrons. The van der Waals surface area contributed by atoms with Gasteiger partial charge in [-0.3, -0.25) is 4.79 Å². The first-order chi connectivity index (χ1) is 10.5. The zero-order valence-electron chi connectivity index (χ0n) is 12.6. The lowest BCUT2D eigenvalue weighted by Gasteiger charge is -2.32. The molecule has 1 aliphatic rings. The van der Waals surface area contributed by atoms with E-state index in [0.717, 1.165) is 18.4 Å². The number of nitrogens with zero attached hydrogens (tertiary/aromatic N) is 1. The van der Waals surface area contributed by atoms with Gasteiger partial charge in [0.2, 0.25) is 5.91 Å². The minimum absolute atomic E-state index is 0.0418. The molecule has 1 aromatic rings. The van der Waals surface area contributed by atoms with Crippen LogP contribution in [-0.4, -0.2) is 29.9 Å². The quantitative estimate of drug-likeness (QED) is 0.759. The van der Waals surface area contributed by atoms with Gasteiger partial charge >= 0.3 is 5.97 Å². The van der Waals surface area contributed by atoms with Crippen LogP contribution in [0.25, 0.3) is 0 Å². The van der Waals surface area contributed by atoms with Crippen molar-refractivity contribution in [2.45, 2.75) is 44.7 Å². The van der Waals surface area contributed by atoms with Crippen LogP contribution in [0, 0.1) is 0 Å². The van der Waals surface area contributed by atoms with Crippen LogP contribution in [-0.2, 0) is 14.3 Å². The van der Waals surface area contributed by atoms with Crippen molar-refractivity contribution in [3.63, 3.8) is 0 Å². The topological polar surface area (TPSA) is 46.6 Å². The fourth-order valence-electron chi connectivity index (χ4n) is 2.95. The van der Waals surface area contributed by atoms with Gasteiger partial charge in [-0.25, -0.2) is 4.79 Å². The van der Waals surface area contributed by atoms with Crippen molar-refractivity contribution in [1.82, 2.24) is 4.90 Å². The van der Waals surface area contributed by atoms with Crippen LogP contribution < -0.4 is 0 Å². The van der Waals surface area contributed by atoms with Gasteiger partial charge in [-0.05, 0) is 30.5 Å². The summed E-state index contributed by atoms with van der Waals surface area (Å²) < 4.78 is 4.84. The Morgan fingerprint density at radius 1 is 1.45 bits per heavy atom. The third-order valence-electron chi connectivity index (χ3n) is 3.95. The Bertz CT molecular complexity index is 577. The number of carbonyl (C=O) groups excluding carboxylic acids is 2. The molecule has 1 fully saturated rings. The van der Waals surface area contributed by atoms with E-state index in [1.807, 2.05) is 13.0 Å². The maximum absolute atomic E-state index is 12.3. The Morgan fingerprint density at radius 3 is 2.77 bits per heavy atom. The van der Waals surface area contributed by atoms with Gasteiger partial charge in [0.05, 0.1) is 13.2 Å². The molecule has 2 unspecified atom stereocenters. The van der Waals surface area contributed by atoms with Crippen LogP contribution in [0.3, 0.4) is 0 Å². The highest BCUT2D eigenvalue weighted by Gasteiger charge is 2.41. The number of halogens is 2. The molecule has 2 atom stereocenters. The van der Waals surface area contributed by atoms with Crippen molar-refractivity contribution in [3.05, 3.63) is 33.8 Å². The molecule has 0 saturated carbocycles. The highest BCUT2D eigenvalue weighted by molar-refractivity contribution is 6.35. The predicted molar refractivity (Wildman–Crippen MR) is 86.0 cm³/mol. The molecular formula is C16H19Cl2NO3. The van der Waals surface area contributed by atoms with Gasteiger partial charge in [0, 0.05) is 16.5 Å². The van der Waals surface area contributed by atoms with Crippen LogP contribution in [0.5, 0.6) is 0 Å². The third-order valence-corrected chi connectivity index (χ3v) is 4.51. The minimum Gasteiger partial charge on any atom is -0.467 e. The van der Waals surface area contributed by atoms with Crippen LogP contribution in [0.15, 0.2) is 18.2 Å². The summed E-state index contributed by atoms with van der Waals surface area (Å²) >= 11 is 12.3. The second-order valence-corrected chi connectivity index (χ2v) is 6.19. The van der Waals surface area contributed by atoms with E-state index in [4.69, 9.17) is 27.9 Å². The minimum atomic E-state index is -0.541. The number of esters is 1. The lowest BCUT2D eigenvalue weighted by atomic mass is 9.99. The molecule has 1 aromatic carbocycles. The third kappa shape index (κ3) is 3.39. The summed E-state index contributed by atoms with van der Waals surface area (Å²) in [4.78, 5) is 25.9. The van der Waals surface area contributed by atoms with Crippen molar-refractivity contribution in [3.8, 4) is 0 Å². The van der Waals surface area contributed by atoms with Gasteiger partial charge in [0.15, 0.2) is 0 Å². The molecule has 22 heavy (non-hydrogen) atoms. The Kier molecular flexibility index (Phi) is 5.70. The molecule has 1 heterocycles. The van der Waals surface area contributed by atoms with E-state index in [-0.39, 0.29) is 17.9 Å². The van der Waals surface area contributed by atoms with E-state index in [1.54, 1.807) is 17.0 Å². The highest BCUT2D eigenvalue weighted by Crippen LogP contribution is 2.37. The van der Waals surface area contributed by atoms with E-state index >= 15 is 0 Å². The molecule has 0 radical (unpaired) electrons. The Balaban J connectivity index is 2.41. The van der Waals surface area contributed by atoms with E-state index in [9.17, 15) is 9.59 Å². The van der Waals surface area contributed by atoms with Gasteiger partial charge in [0.25, 0.3) is 0 Å². The van der Waals surface area contributed by atoms with Gasteiger partial charge < -0.3 is 9.64 Å². The summed E-state index contributed by atoms with van der Waals surface area (Å²) in [6.45, 7) is 2.03. The number of ether oxygens (including phenoxy) is 1. The molecule has 4 nitrogen and oxygen atoms in total. The van der Waals surface area contributed by atoms with Crippen molar-refractivity contribution in [2.75, 3.05) is 7.11 Å². The molecule has 1 amide bonds. The largest absolute Gasteiger partial charge is 0.467 e. The van der Waals surface area contributed by atoms with Crippen LogP contribution in [0.1, 0.15) is 44.2 Å². The fourth-order valence-corrected chi connectivity index (χ4v) is 3.48. The van der Waals surface area contributed by atoms with Crippen LogP contribution in [0.2, 0.25) is 10.0 Å². The Morgan fingerprint density at radius 2 is 2.18 bits per heavy atom. The molecule has 6 heteroatoms. The first-order valence-electron chi connectivity index (χ1n) is 7.33. The van der Waals surface area contributed by atoms with Crippen LogP contribution >= 0.6 is 23.2 Å². The molecular weight excluding hydrogens is 325 g/mol. The molecule has 0 aromatic heterocycles. The Labute approximate surface area is 140 Å². The average Bonchev–Trinajstić information content (AvgIpc) is 2.86. The first kappa shape index (κ1) is 17.1. The van der Waals surface area contributed by atoms with Gasteiger partial charge in [0.1, 0.15) is 6.04 Å². The van der Waals surface area contributed by atoms with Gasteiger partial charge in [-0.15, -0.1) is 0 Å². The number of benzene rings is 1. The normalized spacial score (nSPS) is 19.4. The number of hydrogen-bond acceptors (Lipinski definition) is 3. The van der Waals surface area contributed by atoms with E-state index in [1.165, 1.54) is 7.11 Å². The highest BCUT2D eigenvalue weighted by atomic mass is 35.5. The number of rotatable bonds is 5. The number of methoxy groups -OCH3 is 1. The van der Waals surface area contributed by atoms with Crippen molar-refractivity contribution in [1.29, 1.82) is 0 Å². The predicted octanol–water partition coefficient (Wildman–Crippen LogP) is 4.00.